The minimum atomic E-state index is -3.73. The molecule has 1 fully saturated rings. The Balaban J connectivity index is 1.59. The molecule has 2 amide bonds. The van der Waals surface area contributed by atoms with E-state index in [1.54, 1.807) is 28.0 Å². The van der Waals surface area contributed by atoms with Crippen LogP contribution in [0.1, 0.15) is 31.9 Å². The van der Waals surface area contributed by atoms with Gasteiger partial charge in [-0.15, -0.1) is 0 Å². The van der Waals surface area contributed by atoms with Gasteiger partial charge in [0.05, 0.1) is 23.8 Å². The summed E-state index contributed by atoms with van der Waals surface area (Å²) >= 11 is 0. The van der Waals surface area contributed by atoms with Gasteiger partial charge in [0.15, 0.2) is 0 Å². The van der Waals surface area contributed by atoms with Crippen molar-refractivity contribution >= 4 is 50.1 Å². The second kappa shape index (κ2) is 11.0. The number of anilines is 1. The van der Waals surface area contributed by atoms with Gasteiger partial charge in [-0.2, -0.15) is 4.31 Å². The molecule has 1 saturated heterocycles. The molecule has 1 aromatic heterocycles. The fourth-order valence-corrected chi connectivity index (χ4v) is 6.82. The van der Waals surface area contributed by atoms with E-state index in [4.69, 9.17) is 4.74 Å². The number of hydrogen-bond donors (Lipinski definition) is 0. The molecule has 0 atom stereocenters. The monoisotopic (exact) mass is 550 g/mol. The summed E-state index contributed by atoms with van der Waals surface area (Å²) in [6.07, 6.45) is 3.72. The molecular weight excluding hydrogens is 516 g/mol. The third kappa shape index (κ3) is 4.88. The van der Waals surface area contributed by atoms with Gasteiger partial charge in [0.2, 0.25) is 15.9 Å². The van der Waals surface area contributed by atoms with Crippen LogP contribution in [-0.4, -0.2) is 79.9 Å². The summed E-state index contributed by atoms with van der Waals surface area (Å²) in [7, 11) is -3.73. The van der Waals surface area contributed by atoms with E-state index in [0.717, 1.165) is 16.5 Å². The SMILES string of the molecule is CCN(CC)C(=O)Cn1cc(C=C2C(=O)N(CC)c3ccc(S(=O)(=O)N4CCOCC4)cc32)c2ccccc21. The maximum atomic E-state index is 13.6. The van der Waals surface area contributed by atoms with E-state index < -0.39 is 10.0 Å². The predicted octanol–water partition coefficient (Wildman–Crippen LogP) is 3.44. The van der Waals surface area contributed by atoms with Crippen LogP contribution in [0.15, 0.2) is 53.6 Å². The van der Waals surface area contributed by atoms with Gasteiger partial charge < -0.3 is 19.1 Å². The summed E-state index contributed by atoms with van der Waals surface area (Å²) in [6, 6.07) is 12.7. The summed E-state index contributed by atoms with van der Waals surface area (Å²) in [4.78, 5) is 30.1. The Hall–Kier alpha value is -3.47. The molecule has 0 bridgehead atoms. The summed E-state index contributed by atoms with van der Waals surface area (Å²) in [5.41, 5.74) is 3.41. The topological polar surface area (TPSA) is 92.2 Å². The maximum Gasteiger partial charge on any atom is 0.258 e. The Morgan fingerprint density at radius 1 is 1.05 bits per heavy atom. The summed E-state index contributed by atoms with van der Waals surface area (Å²) in [5, 5.41) is 0.915. The first-order valence-electron chi connectivity index (χ1n) is 13.4. The van der Waals surface area contributed by atoms with Gasteiger partial charge in [0, 0.05) is 66.5 Å². The van der Waals surface area contributed by atoms with Crippen LogP contribution >= 0.6 is 0 Å². The zero-order valence-electron chi connectivity index (χ0n) is 22.6. The molecule has 0 unspecified atom stereocenters. The first-order valence-corrected chi connectivity index (χ1v) is 14.9. The number of hydrogen-bond acceptors (Lipinski definition) is 5. The molecule has 9 nitrogen and oxygen atoms in total. The Bertz CT molecular complexity index is 1550. The predicted molar refractivity (Wildman–Crippen MR) is 152 cm³/mol. The Kier molecular flexibility index (Phi) is 7.61. The Labute approximate surface area is 229 Å². The zero-order valence-corrected chi connectivity index (χ0v) is 23.4. The van der Waals surface area contributed by atoms with Crippen molar-refractivity contribution in [3.63, 3.8) is 0 Å². The van der Waals surface area contributed by atoms with E-state index in [1.807, 2.05) is 61.9 Å². The summed E-state index contributed by atoms with van der Waals surface area (Å²) < 4.78 is 35.4. The van der Waals surface area contributed by atoms with E-state index >= 15 is 0 Å². The fourth-order valence-electron chi connectivity index (χ4n) is 5.38. The highest BCUT2D eigenvalue weighted by atomic mass is 32.2. The molecule has 2 aromatic carbocycles. The average Bonchev–Trinajstić information content (AvgIpc) is 3.43. The number of benzene rings is 2. The molecular formula is C29H34N4O5S. The van der Waals surface area contributed by atoms with Crippen molar-refractivity contribution in [2.45, 2.75) is 32.2 Å². The first-order chi connectivity index (χ1) is 18.8. The van der Waals surface area contributed by atoms with E-state index in [-0.39, 0.29) is 23.3 Å². The van der Waals surface area contributed by atoms with Crippen molar-refractivity contribution in [3.8, 4) is 0 Å². The molecule has 3 heterocycles. The molecule has 206 valence electrons. The number of nitrogens with zero attached hydrogens (tertiary/aromatic N) is 4. The van der Waals surface area contributed by atoms with E-state index in [0.29, 0.717) is 62.8 Å². The highest BCUT2D eigenvalue weighted by Crippen LogP contribution is 2.40. The van der Waals surface area contributed by atoms with Gasteiger partial charge in [-0.3, -0.25) is 9.59 Å². The molecule has 39 heavy (non-hydrogen) atoms. The number of rotatable bonds is 8. The van der Waals surface area contributed by atoms with Crippen LogP contribution in [-0.2, 0) is 30.9 Å². The van der Waals surface area contributed by atoms with Gasteiger partial charge in [-0.1, -0.05) is 18.2 Å². The van der Waals surface area contributed by atoms with Crippen molar-refractivity contribution < 1.29 is 22.7 Å². The number of morpholine rings is 1. The van der Waals surface area contributed by atoms with Crippen LogP contribution in [0.5, 0.6) is 0 Å². The van der Waals surface area contributed by atoms with E-state index in [2.05, 4.69) is 0 Å². The lowest BCUT2D eigenvalue weighted by atomic mass is 10.0. The van der Waals surface area contributed by atoms with Crippen molar-refractivity contribution in [1.82, 2.24) is 13.8 Å². The fraction of sp³-hybridized carbons (Fsp3) is 0.379. The standard InChI is InChI=1S/C29H34N4O5S/c1-4-30(5-2)28(34)20-31-19-21(23-9-7-8-10-26(23)31)17-25-24-18-22(11-12-27(24)33(6-3)29(25)35)39(36,37)32-13-15-38-16-14-32/h7-12,17-19H,4-6,13-16,20H2,1-3H3. The molecule has 2 aliphatic rings. The maximum absolute atomic E-state index is 13.6. The number of likely N-dealkylation sites (N-methyl/N-ethyl adjacent to an activating group) is 2. The Morgan fingerprint density at radius 2 is 1.77 bits per heavy atom. The minimum absolute atomic E-state index is 0.0253. The lowest BCUT2D eigenvalue weighted by Crippen LogP contribution is -2.40. The number of sulfonamides is 1. The van der Waals surface area contributed by atoms with Crippen molar-refractivity contribution in [1.29, 1.82) is 0 Å². The van der Waals surface area contributed by atoms with Gasteiger partial charge in [-0.05, 0) is 51.1 Å². The molecule has 3 aromatic rings. The molecule has 0 N–H and O–H groups in total. The van der Waals surface area contributed by atoms with Crippen LogP contribution in [0.2, 0.25) is 0 Å². The Morgan fingerprint density at radius 3 is 2.46 bits per heavy atom. The van der Waals surface area contributed by atoms with Crippen LogP contribution in [0, 0.1) is 0 Å². The molecule has 0 spiro atoms. The first kappa shape index (κ1) is 27.1. The van der Waals surface area contributed by atoms with Crippen LogP contribution in [0.4, 0.5) is 5.69 Å². The van der Waals surface area contributed by atoms with E-state index in [9.17, 15) is 18.0 Å². The number of aromatic nitrogens is 1. The van der Waals surface area contributed by atoms with Gasteiger partial charge in [-0.25, -0.2) is 8.42 Å². The lowest BCUT2D eigenvalue weighted by Gasteiger charge is -2.26. The molecule has 5 rings (SSSR count). The molecule has 0 saturated carbocycles. The highest BCUT2D eigenvalue weighted by Gasteiger charge is 2.34. The number of ether oxygens (including phenoxy) is 1. The third-order valence-electron chi connectivity index (χ3n) is 7.49. The normalized spacial score (nSPS) is 17.3. The van der Waals surface area contributed by atoms with Crippen molar-refractivity contribution in [3.05, 3.63) is 59.8 Å². The number of amides is 2. The smallest absolute Gasteiger partial charge is 0.258 e. The van der Waals surface area contributed by atoms with E-state index in [1.165, 1.54) is 4.31 Å². The van der Waals surface area contributed by atoms with Crippen LogP contribution in [0.25, 0.3) is 22.6 Å². The third-order valence-corrected chi connectivity index (χ3v) is 9.38. The van der Waals surface area contributed by atoms with Crippen molar-refractivity contribution in [2.75, 3.05) is 50.8 Å². The quantitative estimate of drug-likeness (QED) is 0.401. The molecule has 0 aliphatic carbocycles. The summed E-state index contributed by atoms with van der Waals surface area (Å²) in [5.74, 6) is -0.151. The molecule has 10 heteroatoms. The number of carbonyl (C=O) groups is 2. The molecule has 0 radical (unpaired) electrons. The minimum Gasteiger partial charge on any atom is -0.379 e. The van der Waals surface area contributed by atoms with Gasteiger partial charge in [0.25, 0.3) is 5.91 Å². The molecule has 2 aliphatic heterocycles. The van der Waals surface area contributed by atoms with Crippen molar-refractivity contribution in [2.24, 2.45) is 0 Å². The second-order valence-corrected chi connectivity index (χ2v) is 11.5. The van der Waals surface area contributed by atoms with Gasteiger partial charge >= 0.3 is 0 Å². The number of fused-ring (bicyclic) bond motifs is 2. The van der Waals surface area contributed by atoms with Crippen LogP contribution in [0.3, 0.4) is 0 Å². The zero-order chi connectivity index (χ0) is 27.7. The lowest BCUT2D eigenvalue weighted by molar-refractivity contribution is -0.131. The number of carbonyl (C=O) groups excluding carboxylic acids is 2. The highest BCUT2D eigenvalue weighted by molar-refractivity contribution is 7.89. The van der Waals surface area contributed by atoms with Crippen LogP contribution < -0.4 is 4.90 Å². The van der Waals surface area contributed by atoms with Gasteiger partial charge in [0.1, 0.15) is 6.54 Å². The second-order valence-electron chi connectivity index (χ2n) is 9.60. The average molecular weight is 551 g/mol. The number of para-hydroxylation sites is 1. The largest absolute Gasteiger partial charge is 0.379 e. The summed E-state index contributed by atoms with van der Waals surface area (Å²) in [6.45, 7) is 9.06.